The van der Waals surface area contributed by atoms with Gasteiger partial charge in [-0.05, 0) is 32.9 Å². The lowest BCUT2D eigenvalue weighted by Crippen LogP contribution is -2.67. The maximum absolute atomic E-state index is 13.4. The topological polar surface area (TPSA) is 171 Å². The maximum Gasteiger partial charge on any atom is 0.450 e. The number of hydrogen-bond acceptors (Lipinski definition) is 13. The predicted octanol–water partition coefficient (Wildman–Crippen LogP) is 2.24. The molecule has 2 amide bonds. The molecule has 224 valence electrons. The fraction of sp³-hybridized carbons (Fsp3) is 0.500. The molecule has 0 fully saturated rings. The number of carbonyl (C=O) groups excluding carboxylic acids is 6. The van der Waals surface area contributed by atoms with Gasteiger partial charge in [0.15, 0.2) is 12.2 Å². The van der Waals surface area contributed by atoms with E-state index in [2.05, 4.69) is 5.10 Å². The summed E-state index contributed by atoms with van der Waals surface area (Å²) in [5.74, 6) is -4.60. The summed E-state index contributed by atoms with van der Waals surface area (Å²) in [4.78, 5) is 75.7. The van der Waals surface area contributed by atoms with Crippen molar-refractivity contribution in [2.75, 3.05) is 24.9 Å². The van der Waals surface area contributed by atoms with Crippen LogP contribution in [0.15, 0.2) is 35.4 Å². The van der Waals surface area contributed by atoms with E-state index >= 15 is 0 Å². The minimum atomic E-state index is -1.60. The zero-order valence-electron chi connectivity index (χ0n) is 23.7. The van der Waals surface area contributed by atoms with Gasteiger partial charge in [-0.25, -0.2) is 9.59 Å². The first kappa shape index (κ1) is 32.5. The molecule has 41 heavy (non-hydrogen) atoms. The van der Waals surface area contributed by atoms with Crippen molar-refractivity contribution in [3.63, 3.8) is 0 Å². The summed E-state index contributed by atoms with van der Waals surface area (Å²) in [5.41, 5.74) is 0.341. The van der Waals surface area contributed by atoms with Crippen molar-refractivity contribution in [1.82, 2.24) is 10.1 Å². The lowest BCUT2D eigenvalue weighted by atomic mass is 9.86. The molecule has 1 aliphatic rings. The Kier molecular flexibility index (Phi) is 12.0. The highest BCUT2D eigenvalue weighted by Gasteiger charge is 2.51. The highest BCUT2D eigenvalue weighted by molar-refractivity contribution is 5.89. The number of carbonyl (C=O) groups is 6. The van der Waals surface area contributed by atoms with Crippen LogP contribution >= 0.6 is 0 Å². The highest BCUT2D eigenvalue weighted by Crippen LogP contribution is 2.31. The molecular formula is C26H34N4O11. The van der Waals surface area contributed by atoms with Crippen LogP contribution in [0.1, 0.15) is 41.5 Å². The molecule has 0 bridgehead atoms. The van der Waals surface area contributed by atoms with E-state index in [4.69, 9.17) is 23.7 Å². The van der Waals surface area contributed by atoms with Gasteiger partial charge in [-0.3, -0.25) is 19.2 Å². The van der Waals surface area contributed by atoms with Crippen molar-refractivity contribution in [2.45, 2.75) is 59.8 Å². The van der Waals surface area contributed by atoms with Crippen LogP contribution in [0.25, 0.3) is 0 Å². The molecule has 15 heteroatoms. The number of esters is 3. The first-order valence-electron chi connectivity index (χ1n) is 12.7. The molecule has 0 unspecified atom stereocenters. The Bertz CT molecular complexity index is 1140. The van der Waals surface area contributed by atoms with E-state index in [-0.39, 0.29) is 13.2 Å². The van der Waals surface area contributed by atoms with Crippen molar-refractivity contribution in [3.8, 4) is 0 Å². The zero-order chi connectivity index (χ0) is 30.7. The van der Waals surface area contributed by atoms with Gasteiger partial charge in [-0.1, -0.05) is 23.3 Å². The van der Waals surface area contributed by atoms with Crippen LogP contribution in [-0.4, -0.2) is 90.3 Å². The quantitative estimate of drug-likeness (QED) is 0.277. The van der Waals surface area contributed by atoms with Gasteiger partial charge in [-0.15, -0.1) is 5.12 Å². The van der Waals surface area contributed by atoms with Crippen molar-refractivity contribution in [2.24, 2.45) is 11.0 Å². The van der Waals surface area contributed by atoms with Gasteiger partial charge in [0.05, 0.1) is 31.0 Å². The van der Waals surface area contributed by atoms with Gasteiger partial charge in [0, 0.05) is 20.8 Å². The van der Waals surface area contributed by atoms with E-state index in [0.717, 1.165) is 42.9 Å². The van der Waals surface area contributed by atoms with Crippen LogP contribution in [0.5, 0.6) is 0 Å². The second kappa shape index (κ2) is 15.2. The van der Waals surface area contributed by atoms with Crippen molar-refractivity contribution < 1.29 is 52.5 Å². The molecule has 0 saturated carbocycles. The number of hydrazine groups is 2. The van der Waals surface area contributed by atoms with E-state index in [1.54, 1.807) is 37.3 Å². The highest BCUT2D eigenvalue weighted by atomic mass is 16.6. The first-order valence-corrected chi connectivity index (χ1v) is 12.7. The number of para-hydroxylation sites is 1. The second-order valence-electron chi connectivity index (χ2n) is 8.57. The minimum absolute atomic E-state index is 0.0773. The Morgan fingerprint density at radius 1 is 0.805 bits per heavy atom. The number of ketones is 1. The summed E-state index contributed by atoms with van der Waals surface area (Å²) in [6, 6.07) is 6.83. The van der Waals surface area contributed by atoms with Gasteiger partial charge >= 0.3 is 30.1 Å². The minimum Gasteiger partial charge on any atom is -0.462 e. The lowest BCUT2D eigenvalue weighted by molar-refractivity contribution is -0.181. The average molecular weight is 579 g/mol. The van der Waals surface area contributed by atoms with Crippen LogP contribution < -0.4 is 5.12 Å². The van der Waals surface area contributed by atoms with Gasteiger partial charge in [-0.2, -0.15) is 10.1 Å². The Morgan fingerprint density at radius 3 is 1.90 bits per heavy atom. The predicted molar refractivity (Wildman–Crippen MR) is 141 cm³/mol. The molecule has 4 atom stereocenters. The van der Waals surface area contributed by atoms with E-state index in [1.165, 1.54) is 13.1 Å². The number of Topliss-reactive ketones (excluding diaryl/α,β-unsaturated/α-hetero) is 1. The second-order valence-corrected chi connectivity index (χ2v) is 8.57. The van der Waals surface area contributed by atoms with Crippen molar-refractivity contribution in [1.29, 1.82) is 0 Å². The van der Waals surface area contributed by atoms with Crippen LogP contribution in [0.4, 0.5) is 15.3 Å². The smallest absolute Gasteiger partial charge is 0.450 e. The molecule has 0 radical (unpaired) electrons. The fourth-order valence-electron chi connectivity index (χ4n) is 4.03. The number of hydrogen-bond donors (Lipinski definition) is 0. The van der Waals surface area contributed by atoms with Crippen molar-refractivity contribution in [3.05, 3.63) is 30.3 Å². The molecular weight excluding hydrogens is 544 g/mol. The normalized spacial score (nSPS) is 16.6. The maximum atomic E-state index is 13.4. The lowest BCUT2D eigenvalue weighted by Gasteiger charge is -2.46. The third kappa shape index (κ3) is 8.65. The molecule has 0 aromatic heterocycles. The SMILES string of the molecule is CCOC(=O)N1[C@H]([C@@H](C(C)=O)[C@@H](OC(C)=O)[C@@H](COC(C)=O)OC(C)=O)C=NN(c2ccccc2)N1C(=O)OCC. The fourth-order valence-corrected chi connectivity index (χ4v) is 4.03. The largest absolute Gasteiger partial charge is 0.462 e. The number of benzene rings is 1. The molecule has 1 heterocycles. The molecule has 15 nitrogen and oxygen atoms in total. The van der Waals surface area contributed by atoms with Crippen LogP contribution in [0.3, 0.4) is 0 Å². The summed E-state index contributed by atoms with van der Waals surface area (Å²) in [7, 11) is 0. The van der Waals surface area contributed by atoms with Gasteiger partial charge in [0.2, 0.25) is 0 Å². The molecule has 0 saturated heterocycles. The van der Waals surface area contributed by atoms with Crippen LogP contribution in [0, 0.1) is 5.92 Å². The third-order valence-electron chi connectivity index (χ3n) is 5.50. The molecule has 2 rings (SSSR count). The number of nitrogens with zero attached hydrogens (tertiary/aromatic N) is 4. The van der Waals surface area contributed by atoms with E-state index in [0.29, 0.717) is 5.69 Å². The number of hydrazone groups is 1. The molecule has 0 N–H and O–H groups in total. The standard InChI is InChI=1S/C26H34N4O11/c1-7-37-25(35)28-21(14-27-29(20-12-10-9-11-13-20)30(28)26(36)38-8-2)23(16(3)31)24(41-19(6)34)22(40-18(5)33)15-39-17(4)32/h9-14,21-24H,7-8,15H2,1-6H3/t21-,22+,23+,24-/m0/s1. The summed E-state index contributed by atoms with van der Waals surface area (Å²) < 4.78 is 26.2. The number of ether oxygens (including phenoxy) is 5. The molecule has 1 aliphatic heterocycles. The summed E-state index contributed by atoms with van der Waals surface area (Å²) in [6.45, 7) is 6.70. The Labute approximate surface area is 236 Å². The Balaban J connectivity index is 2.78. The number of amides is 2. The number of anilines is 1. The van der Waals surface area contributed by atoms with Gasteiger partial charge < -0.3 is 23.7 Å². The first-order chi connectivity index (χ1) is 19.4. The Morgan fingerprint density at radius 2 is 1.39 bits per heavy atom. The summed E-state index contributed by atoms with van der Waals surface area (Å²) in [6.07, 6.45) is -4.02. The van der Waals surface area contributed by atoms with Crippen LogP contribution in [-0.2, 0) is 42.9 Å². The number of rotatable bonds is 11. The van der Waals surface area contributed by atoms with E-state index < -0.39 is 66.7 Å². The molecule has 0 aliphatic carbocycles. The molecule has 1 aromatic carbocycles. The van der Waals surface area contributed by atoms with Gasteiger partial charge in [0.25, 0.3) is 0 Å². The molecule has 1 aromatic rings. The third-order valence-corrected chi connectivity index (χ3v) is 5.50. The van der Waals surface area contributed by atoms with E-state index in [1.807, 2.05) is 0 Å². The summed E-state index contributed by atoms with van der Waals surface area (Å²) in [5, 5.41) is 6.92. The van der Waals surface area contributed by atoms with Crippen LogP contribution in [0.2, 0.25) is 0 Å². The van der Waals surface area contributed by atoms with Gasteiger partial charge in [0.1, 0.15) is 18.4 Å². The zero-order valence-corrected chi connectivity index (χ0v) is 23.7. The summed E-state index contributed by atoms with van der Waals surface area (Å²) >= 11 is 0. The van der Waals surface area contributed by atoms with Crippen molar-refractivity contribution >= 4 is 47.8 Å². The molecule has 0 spiro atoms. The van der Waals surface area contributed by atoms with E-state index in [9.17, 15) is 28.8 Å². The monoisotopic (exact) mass is 578 g/mol. The Hall–Kier alpha value is -4.69. The average Bonchev–Trinajstić information content (AvgIpc) is 2.90.